The van der Waals surface area contributed by atoms with Crippen LogP contribution in [0.1, 0.15) is 232 Å². The summed E-state index contributed by atoms with van der Waals surface area (Å²) in [5.74, 6) is -0.406. The molecule has 0 aromatic carbocycles. The second-order valence-electron chi connectivity index (χ2n) is 18.4. The Morgan fingerprint density at radius 3 is 1.53 bits per heavy atom. The van der Waals surface area contributed by atoms with Crippen molar-refractivity contribution in [1.29, 1.82) is 0 Å². The number of hydrogen-bond donors (Lipinski definition) is 4. The molecule has 6 unspecified atom stereocenters. The Hall–Kier alpha value is -1.68. The van der Waals surface area contributed by atoms with Crippen molar-refractivity contribution in [3.63, 3.8) is 0 Å². The molecule has 0 aromatic heterocycles. The quantitative estimate of drug-likeness (QED) is 0.0197. The Morgan fingerprint density at radius 1 is 0.591 bits per heavy atom. The molecule has 0 aliphatic carbocycles. The van der Waals surface area contributed by atoms with Gasteiger partial charge in [-0.2, -0.15) is 8.42 Å². The number of rotatable bonds is 47. The minimum Gasteiger partial charge on any atom is -0.457 e. The van der Waals surface area contributed by atoms with E-state index >= 15 is 0 Å². The first kappa shape index (κ1) is 62.3. The maximum atomic E-state index is 12.9. The number of unbranched alkanes of at least 4 members (excludes halogenated alkanes) is 28. The second kappa shape index (κ2) is 44.5. The predicted molar refractivity (Wildman–Crippen MR) is 267 cm³/mol. The lowest BCUT2D eigenvalue weighted by Crippen LogP contribution is -2.60. The van der Waals surface area contributed by atoms with Crippen LogP contribution in [0.2, 0.25) is 0 Å². The van der Waals surface area contributed by atoms with Crippen LogP contribution < -0.4 is 0 Å². The molecule has 0 aromatic rings. The smallest absolute Gasteiger partial charge is 0.397 e. The number of aliphatic hydroxyl groups excluding tert-OH is 3. The second-order valence-corrected chi connectivity index (χ2v) is 19.5. The Bertz CT molecular complexity index is 1290. The molecule has 6 atom stereocenters. The third-order valence-corrected chi connectivity index (χ3v) is 12.7. The first-order valence-electron chi connectivity index (χ1n) is 26.7. The molecule has 4 N–H and O–H groups in total. The molecule has 0 amide bonds. The van der Waals surface area contributed by atoms with E-state index < -0.39 is 59.8 Å². The fourth-order valence-corrected chi connectivity index (χ4v) is 8.79. The number of aliphatic hydroxyl groups is 3. The van der Waals surface area contributed by atoms with E-state index in [9.17, 15) is 33.1 Å². The van der Waals surface area contributed by atoms with Crippen LogP contribution >= 0.6 is 0 Å². The van der Waals surface area contributed by atoms with E-state index in [0.29, 0.717) is 13.0 Å². The molecular weight excluding hydrogens is 861 g/mol. The standard InChI is InChI=1S/C53H98O12S/c1-3-5-7-9-11-13-15-17-19-21-22-23-24-25-27-29-31-33-35-37-39-41-43-61-45-47(46-62-53-51(57)52(65-66(58,59)60)50(56)48(44-54)64-53)63-49(55)42-40-38-36-34-32-30-28-26-20-18-16-14-12-10-8-6-4-2/h6,8,12,14,18,20,47-48,50-54,56-57H,3-5,7,9-11,13,15-17,19,21-46H2,1-2H3,(H,58,59,60)/b8-6-,14-12-,20-18-. The number of esters is 1. The van der Waals surface area contributed by atoms with Gasteiger partial charge in [0.1, 0.15) is 30.5 Å². The highest BCUT2D eigenvalue weighted by molar-refractivity contribution is 7.80. The molecule has 388 valence electrons. The highest BCUT2D eigenvalue weighted by Crippen LogP contribution is 2.26. The molecule has 1 aliphatic heterocycles. The van der Waals surface area contributed by atoms with Crippen LogP contribution in [0.4, 0.5) is 0 Å². The number of ether oxygens (including phenoxy) is 4. The Labute approximate surface area is 403 Å². The lowest BCUT2D eigenvalue weighted by atomic mass is 9.99. The van der Waals surface area contributed by atoms with E-state index in [1.807, 2.05) is 0 Å². The van der Waals surface area contributed by atoms with Gasteiger partial charge in [-0.3, -0.25) is 9.35 Å². The van der Waals surface area contributed by atoms with Crippen LogP contribution in [0.15, 0.2) is 36.5 Å². The molecule has 66 heavy (non-hydrogen) atoms. The van der Waals surface area contributed by atoms with E-state index in [1.165, 1.54) is 135 Å². The van der Waals surface area contributed by atoms with Gasteiger partial charge in [0, 0.05) is 13.0 Å². The number of allylic oxidation sites excluding steroid dienone is 6. The Balaban J connectivity index is 2.32. The van der Waals surface area contributed by atoms with E-state index in [2.05, 4.69) is 54.5 Å². The Morgan fingerprint density at radius 2 is 1.05 bits per heavy atom. The van der Waals surface area contributed by atoms with E-state index in [1.54, 1.807) is 0 Å². The largest absolute Gasteiger partial charge is 0.457 e. The van der Waals surface area contributed by atoms with Crippen LogP contribution in [0.5, 0.6) is 0 Å². The molecule has 1 saturated heterocycles. The minimum absolute atomic E-state index is 0.0351. The number of carbonyl (C=O) groups excluding carboxylic acids is 1. The van der Waals surface area contributed by atoms with Gasteiger partial charge in [0.05, 0.1) is 19.8 Å². The molecule has 1 aliphatic rings. The zero-order valence-electron chi connectivity index (χ0n) is 41.8. The predicted octanol–water partition coefficient (Wildman–Crippen LogP) is 12.5. The average Bonchev–Trinajstić information content (AvgIpc) is 3.29. The lowest BCUT2D eigenvalue weighted by Gasteiger charge is -2.41. The van der Waals surface area contributed by atoms with Crippen molar-refractivity contribution in [2.24, 2.45) is 0 Å². The summed E-state index contributed by atoms with van der Waals surface area (Å²) >= 11 is 0. The molecule has 0 spiro atoms. The van der Waals surface area contributed by atoms with Gasteiger partial charge in [0.25, 0.3) is 0 Å². The van der Waals surface area contributed by atoms with Crippen LogP contribution in [-0.4, -0.2) is 97.5 Å². The van der Waals surface area contributed by atoms with Gasteiger partial charge in [-0.25, -0.2) is 4.18 Å². The molecule has 1 rings (SSSR count). The topological polar surface area (TPSA) is 178 Å². The van der Waals surface area contributed by atoms with Crippen molar-refractivity contribution >= 4 is 16.4 Å². The SMILES string of the molecule is CC/C=C\C/C=C\C/C=C\CCCCCCCCCC(=O)OC(COCCCCCCCCCCCCCCCCCCCCCCCC)COC1OC(CO)C(O)C(OS(=O)(=O)O)C1O. The van der Waals surface area contributed by atoms with E-state index in [4.69, 9.17) is 18.9 Å². The van der Waals surface area contributed by atoms with Crippen molar-refractivity contribution in [2.75, 3.05) is 26.4 Å². The minimum atomic E-state index is -5.07. The van der Waals surface area contributed by atoms with E-state index in [0.717, 1.165) is 70.6 Å². The van der Waals surface area contributed by atoms with Gasteiger partial charge >= 0.3 is 16.4 Å². The number of hydrogen-bond acceptors (Lipinski definition) is 11. The Kier molecular flexibility index (Phi) is 42.1. The molecule has 0 saturated carbocycles. The maximum Gasteiger partial charge on any atom is 0.397 e. The molecule has 0 bridgehead atoms. The van der Waals surface area contributed by atoms with Gasteiger partial charge in [0.2, 0.25) is 0 Å². The molecular formula is C53H98O12S. The van der Waals surface area contributed by atoms with Crippen molar-refractivity contribution in [2.45, 2.75) is 269 Å². The molecule has 1 heterocycles. The fraction of sp³-hybridized carbons (Fsp3) is 0.868. The van der Waals surface area contributed by atoms with Crippen molar-refractivity contribution in [3.05, 3.63) is 36.5 Å². The summed E-state index contributed by atoms with van der Waals surface area (Å²) in [4.78, 5) is 12.9. The summed E-state index contributed by atoms with van der Waals surface area (Å²) in [6.07, 6.45) is 44.7. The highest BCUT2D eigenvalue weighted by Gasteiger charge is 2.48. The summed E-state index contributed by atoms with van der Waals surface area (Å²) in [5.41, 5.74) is 0. The van der Waals surface area contributed by atoms with Gasteiger partial charge in [-0.05, 0) is 44.9 Å². The van der Waals surface area contributed by atoms with E-state index in [-0.39, 0.29) is 19.6 Å². The fourth-order valence-electron chi connectivity index (χ4n) is 8.28. The normalized spacial score (nSPS) is 19.8. The van der Waals surface area contributed by atoms with Crippen LogP contribution in [-0.2, 0) is 38.3 Å². The third kappa shape index (κ3) is 37.2. The molecule has 12 nitrogen and oxygen atoms in total. The summed E-state index contributed by atoms with van der Waals surface area (Å²) in [5, 5.41) is 30.8. The summed E-state index contributed by atoms with van der Waals surface area (Å²) in [6.45, 7) is 3.91. The van der Waals surface area contributed by atoms with Gasteiger partial charge < -0.3 is 34.3 Å². The monoisotopic (exact) mass is 959 g/mol. The lowest BCUT2D eigenvalue weighted by molar-refractivity contribution is -0.301. The summed E-state index contributed by atoms with van der Waals surface area (Å²) in [6, 6.07) is 0. The third-order valence-electron chi connectivity index (χ3n) is 12.3. The van der Waals surface area contributed by atoms with Gasteiger partial charge in [-0.1, -0.05) is 217 Å². The van der Waals surface area contributed by atoms with Crippen molar-refractivity contribution < 1.29 is 56.2 Å². The molecule has 1 fully saturated rings. The summed E-state index contributed by atoms with van der Waals surface area (Å²) < 4.78 is 59.3. The van der Waals surface area contributed by atoms with Crippen LogP contribution in [0.25, 0.3) is 0 Å². The first-order chi connectivity index (χ1) is 32.1. The van der Waals surface area contributed by atoms with Crippen molar-refractivity contribution in [3.8, 4) is 0 Å². The van der Waals surface area contributed by atoms with Crippen molar-refractivity contribution in [1.82, 2.24) is 0 Å². The molecule has 13 heteroatoms. The highest BCUT2D eigenvalue weighted by atomic mass is 32.3. The van der Waals surface area contributed by atoms with Gasteiger partial charge in [-0.15, -0.1) is 0 Å². The first-order valence-corrected chi connectivity index (χ1v) is 28.1. The summed E-state index contributed by atoms with van der Waals surface area (Å²) in [7, 11) is -5.07. The number of carbonyl (C=O) groups is 1. The average molecular weight is 959 g/mol. The van der Waals surface area contributed by atoms with Crippen LogP contribution in [0.3, 0.4) is 0 Å². The zero-order valence-corrected chi connectivity index (χ0v) is 42.6. The van der Waals surface area contributed by atoms with Gasteiger partial charge in [0.15, 0.2) is 6.29 Å². The molecule has 0 radical (unpaired) electrons. The van der Waals surface area contributed by atoms with Crippen LogP contribution in [0, 0.1) is 0 Å². The zero-order chi connectivity index (χ0) is 48.2. The maximum absolute atomic E-state index is 12.9.